The number of hydrogen-bond donors (Lipinski definition) is 3. The van der Waals surface area contributed by atoms with E-state index in [4.69, 9.17) is 4.74 Å². The zero-order chi connectivity index (χ0) is 25.1. The van der Waals surface area contributed by atoms with Gasteiger partial charge in [0.15, 0.2) is 5.78 Å². The van der Waals surface area contributed by atoms with Crippen molar-refractivity contribution in [3.05, 3.63) is 59.7 Å². The van der Waals surface area contributed by atoms with Crippen molar-refractivity contribution in [1.29, 1.82) is 0 Å². The molecule has 0 saturated carbocycles. The molecular formula is C23H23F3N2O6. The summed E-state index contributed by atoms with van der Waals surface area (Å²) in [5, 5.41) is 14.5. The Labute approximate surface area is 193 Å². The number of aromatic hydroxyl groups is 1. The lowest BCUT2D eigenvalue weighted by atomic mass is 9.92. The summed E-state index contributed by atoms with van der Waals surface area (Å²) in [6.07, 6.45) is -5.72. The molecule has 3 N–H and O–H groups in total. The Hall–Kier alpha value is -3.60. The highest BCUT2D eigenvalue weighted by atomic mass is 19.4. The van der Waals surface area contributed by atoms with Crippen LogP contribution < -0.4 is 15.4 Å². The number of benzene rings is 2. The molecule has 2 aromatic carbocycles. The molecule has 1 aliphatic heterocycles. The molecule has 0 radical (unpaired) electrons. The maximum Gasteiger partial charge on any atom is 0.573 e. The van der Waals surface area contributed by atoms with E-state index in [0.29, 0.717) is 5.56 Å². The van der Waals surface area contributed by atoms with Crippen molar-refractivity contribution in [3.63, 3.8) is 0 Å². The van der Waals surface area contributed by atoms with Gasteiger partial charge in [-0.15, -0.1) is 13.2 Å². The van der Waals surface area contributed by atoms with Crippen LogP contribution in [0.5, 0.6) is 11.5 Å². The van der Waals surface area contributed by atoms with Crippen LogP contribution in [0.25, 0.3) is 0 Å². The van der Waals surface area contributed by atoms with Crippen LogP contribution >= 0.6 is 0 Å². The van der Waals surface area contributed by atoms with E-state index in [9.17, 15) is 32.7 Å². The number of nitrogens with one attached hydrogen (secondary N) is 2. The molecule has 1 fully saturated rings. The van der Waals surface area contributed by atoms with E-state index in [1.165, 1.54) is 43.3 Å². The van der Waals surface area contributed by atoms with Crippen molar-refractivity contribution in [2.75, 3.05) is 6.61 Å². The van der Waals surface area contributed by atoms with Crippen LogP contribution in [0.3, 0.4) is 0 Å². The number of para-hydroxylation sites is 1. The molecule has 3 unspecified atom stereocenters. The summed E-state index contributed by atoms with van der Waals surface area (Å²) in [4.78, 5) is 38.3. The Morgan fingerprint density at radius 2 is 1.85 bits per heavy atom. The zero-order valence-corrected chi connectivity index (χ0v) is 18.3. The number of ketones is 1. The molecule has 1 saturated heterocycles. The first kappa shape index (κ1) is 25.0. The number of halogens is 3. The topological polar surface area (TPSA) is 114 Å². The normalized spacial score (nSPS) is 21.1. The fourth-order valence-electron chi connectivity index (χ4n) is 3.44. The van der Waals surface area contributed by atoms with E-state index in [0.717, 1.165) is 12.1 Å². The summed E-state index contributed by atoms with van der Waals surface area (Å²) in [6, 6.07) is 9.28. The van der Waals surface area contributed by atoms with Crippen LogP contribution in [0.2, 0.25) is 0 Å². The Balaban J connectivity index is 1.87. The molecule has 0 aromatic heterocycles. The third kappa shape index (κ3) is 5.84. The second-order valence-electron chi connectivity index (χ2n) is 8.01. The number of Topliss-reactive ketones (excluding diaryl/α,β-unsaturated/α-hetero) is 1. The average Bonchev–Trinajstić information content (AvgIpc) is 3.01. The molecule has 0 spiro atoms. The van der Waals surface area contributed by atoms with Crippen LogP contribution in [0.15, 0.2) is 48.5 Å². The highest BCUT2D eigenvalue weighted by molar-refractivity contribution is 6.01. The predicted molar refractivity (Wildman–Crippen MR) is 113 cm³/mol. The number of alkyl halides is 3. The van der Waals surface area contributed by atoms with Gasteiger partial charge in [0.2, 0.25) is 5.91 Å². The third-order valence-corrected chi connectivity index (χ3v) is 5.59. The Kier molecular flexibility index (Phi) is 7.15. The molecule has 3 rings (SSSR count). The first-order valence-electron chi connectivity index (χ1n) is 10.3. The van der Waals surface area contributed by atoms with Gasteiger partial charge < -0.3 is 25.2 Å². The summed E-state index contributed by atoms with van der Waals surface area (Å²) in [6.45, 7) is 2.93. The summed E-state index contributed by atoms with van der Waals surface area (Å²) >= 11 is 0. The molecular weight excluding hydrogens is 457 g/mol. The Bertz CT molecular complexity index is 1070. The minimum atomic E-state index is -5.02. The second-order valence-corrected chi connectivity index (χ2v) is 8.01. The quantitative estimate of drug-likeness (QED) is 0.561. The van der Waals surface area contributed by atoms with Gasteiger partial charge in [0, 0.05) is 6.42 Å². The Morgan fingerprint density at radius 3 is 2.44 bits per heavy atom. The lowest BCUT2D eigenvalue weighted by molar-refractivity contribution is -0.274. The van der Waals surface area contributed by atoms with Crippen molar-refractivity contribution in [1.82, 2.24) is 10.6 Å². The largest absolute Gasteiger partial charge is 0.573 e. The third-order valence-electron chi connectivity index (χ3n) is 5.59. The number of amides is 2. The standard InChI is InChI=1S/C23H23F3N2O6/c1-13-22(2,19(30)12-33-13)28-21(32)17(11-14-7-9-15(29)10-8-14)27-20(31)16-5-3-4-6-18(16)34-23(24,25)26/h3-10,13,17,29H,11-12H2,1-2H3,(H,27,31)(H,28,32). The van der Waals surface area contributed by atoms with Crippen molar-refractivity contribution in [3.8, 4) is 11.5 Å². The van der Waals surface area contributed by atoms with Crippen molar-refractivity contribution >= 4 is 17.6 Å². The van der Waals surface area contributed by atoms with E-state index < -0.39 is 47.2 Å². The zero-order valence-electron chi connectivity index (χ0n) is 18.3. The SMILES string of the molecule is CC1OCC(=O)C1(C)NC(=O)C(Cc1ccc(O)cc1)NC(=O)c1ccccc1OC(F)(F)F. The monoisotopic (exact) mass is 480 g/mol. The fraction of sp³-hybridized carbons (Fsp3) is 0.348. The summed E-state index contributed by atoms with van der Waals surface area (Å²) < 4.78 is 47.5. The van der Waals surface area contributed by atoms with Gasteiger partial charge in [0.25, 0.3) is 5.91 Å². The number of phenols is 1. The number of hydrogen-bond acceptors (Lipinski definition) is 6. The second kappa shape index (κ2) is 9.72. The first-order valence-corrected chi connectivity index (χ1v) is 10.3. The van der Waals surface area contributed by atoms with Gasteiger partial charge in [0.05, 0.1) is 11.7 Å². The number of carbonyl (C=O) groups is 3. The van der Waals surface area contributed by atoms with Gasteiger partial charge in [-0.1, -0.05) is 24.3 Å². The molecule has 11 heteroatoms. The van der Waals surface area contributed by atoms with E-state index in [-0.39, 0.29) is 24.6 Å². The van der Waals surface area contributed by atoms with Crippen molar-refractivity contribution in [2.45, 2.75) is 44.3 Å². The molecule has 34 heavy (non-hydrogen) atoms. The fourth-order valence-corrected chi connectivity index (χ4v) is 3.44. The molecule has 0 aliphatic carbocycles. The lowest BCUT2D eigenvalue weighted by Gasteiger charge is -2.30. The van der Waals surface area contributed by atoms with E-state index in [1.807, 2.05) is 0 Å². The molecule has 1 heterocycles. The summed E-state index contributed by atoms with van der Waals surface area (Å²) in [7, 11) is 0. The number of carbonyl (C=O) groups excluding carboxylic acids is 3. The van der Waals surface area contributed by atoms with Gasteiger partial charge >= 0.3 is 6.36 Å². The highest BCUT2D eigenvalue weighted by Crippen LogP contribution is 2.27. The molecule has 1 aliphatic rings. The minimum absolute atomic E-state index is 0.0120. The van der Waals surface area contributed by atoms with Crippen LogP contribution in [0, 0.1) is 0 Å². The van der Waals surface area contributed by atoms with Crippen molar-refractivity contribution in [2.24, 2.45) is 0 Å². The number of phenolic OH excluding ortho intramolecular Hbond substituents is 1. The van der Waals surface area contributed by atoms with Gasteiger partial charge in [-0.25, -0.2) is 0 Å². The number of ether oxygens (including phenoxy) is 2. The lowest BCUT2D eigenvalue weighted by Crippen LogP contribution is -2.60. The molecule has 0 bridgehead atoms. The maximum absolute atomic E-state index is 13.2. The molecule has 2 amide bonds. The van der Waals surface area contributed by atoms with Crippen LogP contribution in [0.4, 0.5) is 13.2 Å². The van der Waals surface area contributed by atoms with Crippen molar-refractivity contribution < 1.29 is 42.1 Å². The average molecular weight is 480 g/mol. The predicted octanol–water partition coefficient (Wildman–Crippen LogP) is 2.49. The van der Waals surface area contributed by atoms with Crippen LogP contribution in [0.1, 0.15) is 29.8 Å². The molecule has 8 nitrogen and oxygen atoms in total. The molecule has 2 aromatic rings. The maximum atomic E-state index is 13.2. The summed E-state index contributed by atoms with van der Waals surface area (Å²) in [5.74, 6) is -2.81. The summed E-state index contributed by atoms with van der Waals surface area (Å²) in [5.41, 5.74) is -1.22. The van der Waals surface area contributed by atoms with Gasteiger partial charge in [-0.05, 0) is 43.7 Å². The van der Waals surface area contributed by atoms with Gasteiger partial charge in [-0.2, -0.15) is 0 Å². The molecule has 182 valence electrons. The van der Waals surface area contributed by atoms with Crippen LogP contribution in [-0.4, -0.2) is 53.4 Å². The van der Waals surface area contributed by atoms with Gasteiger partial charge in [0.1, 0.15) is 29.7 Å². The van der Waals surface area contributed by atoms with E-state index >= 15 is 0 Å². The van der Waals surface area contributed by atoms with Gasteiger partial charge in [-0.3, -0.25) is 14.4 Å². The molecule has 3 atom stereocenters. The number of rotatable bonds is 7. The van der Waals surface area contributed by atoms with E-state index in [1.54, 1.807) is 6.92 Å². The highest BCUT2D eigenvalue weighted by Gasteiger charge is 2.47. The van der Waals surface area contributed by atoms with E-state index in [2.05, 4.69) is 15.4 Å². The Morgan fingerprint density at radius 1 is 1.21 bits per heavy atom. The minimum Gasteiger partial charge on any atom is -0.508 e. The first-order chi connectivity index (χ1) is 15.9. The van der Waals surface area contributed by atoms with Crippen LogP contribution in [-0.2, 0) is 20.7 Å². The smallest absolute Gasteiger partial charge is 0.508 e.